The van der Waals surface area contributed by atoms with Crippen LogP contribution in [0.25, 0.3) is 0 Å². The van der Waals surface area contributed by atoms with Crippen LogP contribution in [0.2, 0.25) is 0 Å². The molecule has 1 atom stereocenters. The molecule has 2 aliphatic rings. The summed E-state index contributed by atoms with van der Waals surface area (Å²) in [5.74, 6) is 0. The van der Waals surface area contributed by atoms with Crippen molar-refractivity contribution in [2.75, 3.05) is 13.2 Å². The zero-order valence-corrected chi connectivity index (χ0v) is 11.8. The van der Waals surface area contributed by atoms with Gasteiger partial charge >= 0.3 is 0 Å². The second-order valence-corrected chi connectivity index (χ2v) is 6.11. The summed E-state index contributed by atoms with van der Waals surface area (Å²) in [6.45, 7) is 2.46. The summed E-state index contributed by atoms with van der Waals surface area (Å²) in [5, 5.41) is 9.58. The molecule has 3 rings (SSSR count). The highest BCUT2D eigenvalue weighted by Gasteiger charge is 2.20. The minimum Gasteiger partial charge on any atom is -0.395 e. The van der Waals surface area contributed by atoms with E-state index in [-0.39, 0.29) is 0 Å². The van der Waals surface area contributed by atoms with Crippen LogP contribution in [-0.2, 0) is 19.4 Å². The number of aryl methyl sites for hydroxylation is 2. The second-order valence-electron chi connectivity index (χ2n) is 6.11. The normalized spacial score (nSPS) is 24.2. The Balaban J connectivity index is 1.72. The lowest BCUT2D eigenvalue weighted by Crippen LogP contribution is -2.36. The molecule has 0 amide bonds. The maximum atomic E-state index is 9.58. The SMILES string of the molecule is OCC1CCCCCN1Cc1ccc2c(c1)CCC2. The predicted octanol–water partition coefficient (Wildman–Crippen LogP) is 2.91. The van der Waals surface area contributed by atoms with Crippen LogP contribution in [0.5, 0.6) is 0 Å². The van der Waals surface area contributed by atoms with Crippen molar-refractivity contribution in [1.29, 1.82) is 0 Å². The molecule has 1 aliphatic carbocycles. The molecule has 1 aromatic carbocycles. The number of likely N-dealkylation sites (tertiary alicyclic amines) is 1. The molecule has 1 fully saturated rings. The number of rotatable bonds is 3. The van der Waals surface area contributed by atoms with Crippen LogP contribution in [0.3, 0.4) is 0 Å². The number of benzene rings is 1. The average Bonchev–Trinajstić information content (AvgIpc) is 2.78. The summed E-state index contributed by atoms with van der Waals surface area (Å²) in [4.78, 5) is 2.49. The van der Waals surface area contributed by atoms with Gasteiger partial charge in [-0.2, -0.15) is 0 Å². The first-order valence-corrected chi connectivity index (χ1v) is 7.82. The molecule has 1 aromatic rings. The summed E-state index contributed by atoms with van der Waals surface area (Å²) in [7, 11) is 0. The van der Waals surface area contributed by atoms with E-state index >= 15 is 0 Å². The first kappa shape index (κ1) is 13.1. The highest BCUT2D eigenvalue weighted by Crippen LogP contribution is 2.25. The van der Waals surface area contributed by atoms with E-state index < -0.39 is 0 Å². The first-order valence-electron chi connectivity index (χ1n) is 7.82. The summed E-state index contributed by atoms with van der Waals surface area (Å²) < 4.78 is 0. The monoisotopic (exact) mass is 259 g/mol. The van der Waals surface area contributed by atoms with Gasteiger partial charge < -0.3 is 5.11 Å². The molecule has 1 aliphatic heterocycles. The number of nitrogens with zero attached hydrogens (tertiary/aromatic N) is 1. The van der Waals surface area contributed by atoms with Gasteiger partial charge in [0.15, 0.2) is 0 Å². The maximum absolute atomic E-state index is 9.58. The molecule has 1 saturated heterocycles. The molecule has 1 unspecified atom stereocenters. The number of aliphatic hydroxyl groups excluding tert-OH is 1. The Morgan fingerprint density at radius 3 is 2.84 bits per heavy atom. The maximum Gasteiger partial charge on any atom is 0.0586 e. The molecule has 2 heteroatoms. The van der Waals surface area contributed by atoms with Gasteiger partial charge in [-0.1, -0.05) is 31.0 Å². The van der Waals surface area contributed by atoms with Crippen molar-refractivity contribution in [3.63, 3.8) is 0 Å². The van der Waals surface area contributed by atoms with Gasteiger partial charge in [0, 0.05) is 12.6 Å². The van der Waals surface area contributed by atoms with Crippen molar-refractivity contribution in [1.82, 2.24) is 4.90 Å². The zero-order valence-electron chi connectivity index (χ0n) is 11.8. The van der Waals surface area contributed by atoms with Crippen LogP contribution >= 0.6 is 0 Å². The molecular formula is C17H25NO. The average molecular weight is 259 g/mol. The largest absolute Gasteiger partial charge is 0.395 e. The van der Waals surface area contributed by atoms with E-state index in [4.69, 9.17) is 0 Å². The lowest BCUT2D eigenvalue weighted by atomic mass is 10.1. The number of hydrogen-bond donors (Lipinski definition) is 1. The molecule has 0 aromatic heterocycles. The molecule has 19 heavy (non-hydrogen) atoms. The van der Waals surface area contributed by atoms with Gasteiger partial charge in [-0.15, -0.1) is 0 Å². The Labute approximate surface area is 116 Å². The van der Waals surface area contributed by atoms with Crippen LogP contribution in [0.1, 0.15) is 48.8 Å². The lowest BCUT2D eigenvalue weighted by molar-refractivity contribution is 0.118. The first-order chi connectivity index (χ1) is 9.36. The fraction of sp³-hybridized carbons (Fsp3) is 0.647. The van der Waals surface area contributed by atoms with E-state index in [9.17, 15) is 5.11 Å². The van der Waals surface area contributed by atoms with Crippen molar-refractivity contribution < 1.29 is 5.11 Å². The Kier molecular flexibility index (Phi) is 4.19. The quantitative estimate of drug-likeness (QED) is 0.902. The standard InChI is InChI=1S/C17H25NO/c19-13-17-7-2-1-3-10-18(17)12-14-8-9-15-5-4-6-16(15)11-14/h8-9,11,17,19H,1-7,10,12-13H2. The van der Waals surface area contributed by atoms with E-state index in [1.165, 1.54) is 44.1 Å². The van der Waals surface area contributed by atoms with Crippen molar-refractivity contribution in [3.05, 3.63) is 34.9 Å². The van der Waals surface area contributed by atoms with Gasteiger partial charge in [-0.3, -0.25) is 4.90 Å². The topological polar surface area (TPSA) is 23.5 Å². The van der Waals surface area contributed by atoms with Crippen LogP contribution in [0.4, 0.5) is 0 Å². The molecule has 2 nitrogen and oxygen atoms in total. The Morgan fingerprint density at radius 1 is 1.05 bits per heavy atom. The van der Waals surface area contributed by atoms with Crippen LogP contribution in [-0.4, -0.2) is 29.2 Å². The molecule has 0 bridgehead atoms. The van der Waals surface area contributed by atoms with Gasteiger partial charge in [0.2, 0.25) is 0 Å². The third-order valence-corrected chi connectivity index (χ3v) is 4.76. The van der Waals surface area contributed by atoms with Gasteiger partial charge in [0.25, 0.3) is 0 Å². The van der Waals surface area contributed by atoms with Crippen LogP contribution < -0.4 is 0 Å². The van der Waals surface area contributed by atoms with Crippen molar-refractivity contribution in [2.24, 2.45) is 0 Å². The van der Waals surface area contributed by atoms with Crippen molar-refractivity contribution >= 4 is 0 Å². The van der Waals surface area contributed by atoms with Crippen LogP contribution in [0, 0.1) is 0 Å². The van der Waals surface area contributed by atoms with Gasteiger partial charge in [0.05, 0.1) is 6.61 Å². The Bertz CT molecular complexity index is 429. The Morgan fingerprint density at radius 2 is 1.95 bits per heavy atom. The number of aliphatic hydroxyl groups is 1. The van der Waals surface area contributed by atoms with Crippen LogP contribution in [0.15, 0.2) is 18.2 Å². The van der Waals surface area contributed by atoms with E-state index in [1.807, 2.05) is 0 Å². The summed E-state index contributed by atoms with van der Waals surface area (Å²) in [5.41, 5.74) is 4.55. The number of fused-ring (bicyclic) bond motifs is 1. The molecule has 104 valence electrons. The fourth-order valence-electron chi connectivity index (χ4n) is 3.61. The van der Waals surface area contributed by atoms with E-state index in [2.05, 4.69) is 23.1 Å². The predicted molar refractivity (Wildman–Crippen MR) is 78.2 cm³/mol. The summed E-state index contributed by atoms with van der Waals surface area (Å²) >= 11 is 0. The smallest absolute Gasteiger partial charge is 0.0586 e. The zero-order chi connectivity index (χ0) is 13.1. The fourth-order valence-corrected chi connectivity index (χ4v) is 3.61. The molecular weight excluding hydrogens is 234 g/mol. The third-order valence-electron chi connectivity index (χ3n) is 4.76. The van der Waals surface area contributed by atoms with E-state index in [0.717, 1.165) is 19.5 Å². The minimum atomic E-state index is 0.310. The second kappa shape index (κ2) is 6.06. The summed E-state index contributed by atoms with van der Waals surface area (Å²) in [6.07, 6.45) is 8.86. The lowest BCUT2D eigenvalue weighted by Gasteiger charge is -2.28. The highest BCUT2D eigenvalue weighted by molar-refractivity contribution is 5.35. The van der Waals surface area contributed by atoms with Gasteiger partial charge in [0.1, 0.15) is 0 Å². The highest BCUT2D eigenvalue weighted by atomic mass is 16.3. The van der Waals surface area contributed by atoms with E-state index in [0.29, 0.717) is 12.6 Å². The molecule has 0 radical (unpaired) electrons. The van der Waals surface area contributed by atoms with Gasteiger partial charge in [-0.05, 0) is 55.3 Å². The van der Waals surface area contributed by atoms with E-state index in [1.54, 1.807) is 11.1 Å². The molecule has 0 spiro atoms. The van der Waals surface area contributed by atoms with Crippen molar-refractivity contribution in [2.45, 2.75) is 57.5 Å². The molecule has 0 saturated carbocycles. The summed E-state index contributed by atoms with van der Waals surface area (Å²) in [6, 6.07) is 7.39. The number of hydrogen-bond acceptors (Lipinski definition) is 2. The third kappa shape index (κ3) is 3.01. The molecule has 1 heterocycles. The van der Waals surface area contributed by atoms with Gasteiger partial charge in [-0.25, -0.2) is 0 Å². The molecule has 1 N–H and O–H groups in total. The Hall–Kier alpha value is -0.860. The minimum absolute atomic E-state index is 0.310. The van der Waals surface area contributed by atoms with Crippen molar-refractivity contribution in [3.8, 4) is 0 Å².